The van der Waals surface area contributed by atoms with Gasteiger partial charge in [-0.3, -0.25) is 4.79 Å². The van der Waals surface area contributed by atoms with Gasteiger partial charge in [0.25, 0.3) is 0 Å². The molecule has 0 spiro atoms. The maximum absolute atomic E-state index is 11.1. The van der Waals surface area contributed by atoms with Crippen LogP contribution in [-0.4, -0.2) is 36.0 Å². The first kappa shape index (κ1) is 11.6. The van der Waals surface area contributed by atoms with Crippen LogP contribution in [0.2, 0.25) is 0 Å². The monoisotopic (exact) mass is 209 g/mol. The summed E-state index contributed by atoms with van der Waals surface area (Å²) >= 11 is 0. The number of aryl methyl sites for hydroxylation is 1. The van der Waals surface area contributed by atoms with Crippen molar-refractivity contribution < 1.29 is 9.53 Å². The van der Waals surface area contributed by atoms with E-state index in [-0.39, 0.29) is 5.78 Å². The molecule has 82 valence electrons. The lowest BCUT2D eigenvalue weighted by Gasteiger charge is -2.06. The molecule has 15 heavy (non-hydrogen) atoms. The van der Waals surface area contributed by atoms with E-state index in [2.05, 4.69) is 15.3 Å². The number of Topliss-reactive ketones (excluding diaryl/α,β-unsaturated/α-hetero) is 1. The Morgan fingerprint density at radius 2 is 2.33 bits per heavy atom. The number of hydrogen-bond acceptors (Lipinski definition) is 5. The fraction of sp³-hybridized carbons (Fsp3) is 0.500. The molecule has 1 rings (SSSR count). The first-order valence-corrected chi connectivity index (χ1v) is 4.72. The van der Waals surface area contributed by atoms with E-state index in [0.717, 1.165) is 0 Å². The highest BCUT2D eigenvalue weighted by molar-refractivity contribution is 5.94. The zero-order chi connectivity index (χ0) is 11.3. The highest BCUT2D eigenvalue weighted by Gasteiger charge is 2.06. The van der Waals surface area contributed by atoms with Crippen molar-refractivity contribution in [3.8, 4) is 0 Å². The number of nitrogens with zero attached hydrogens (tertiary/aromatic N) is 2. The van der Waals surface area contributed by atoms with Gasteiger partial charge < -0.3 is 10.1 Å². The smallest absolute Gasteiger partial charge is 0.222 e. The van der Waals surface area contributed by atoms with Gasteiger partial charge in [-0.2, -0.15) is 0 Å². The summed E-state index contributed by atoms with van der Waals surface area (Å²) in [5, 5.41) is 2.99. The zero-order valence-electron chi connectivity index (χ0n) is 9.20. The van der Waals surface area contributed by atoms with E-state index < -0.39 is 0 Å². The Kier molecular flexibility index (Phi) is 4.17. The van der Waals surface area contributed by atoms with Gasteiger partial charge in [-0.05, 0) is 13.8 Å². The fourth-order valence-electron chi connectivity index (χ4n) is 1.16. The maximum Gasteiger partial charge on any atom is 0.222 e. The summed E-state index contributed by atoms with van der Waals surface area (Å²) < 4.78 is 4.88. The lowest BCUT2D eigenvalue weighted by molar-refractivity contribution is 0.101. The van der Waals surface area contributed by atoms with Gasteiger partial charge in [0.15, 0.2) is 5.78 Å². The summed E-state index contributed by atoms with van der Waals surface area (Å²) in [5.74, 6) is 0.505. The molecule has 0 aliphatic heterocycles. The van der Waals surface area contributed by atoms with Crippen molar-refractivity contribution in [2.45, 2.75) is 13.8 Å². The van der Waals surface area contributed by atoms with Crippen LogP contribution < -0.4 is 5.32 Å². The Bertz CT molecular complexity index is 353. The van der Waals surface area contributed by atoms with Crippen molar-refractivity contribution in [2.75, 3.05) is 25.6 Å². The lowest BCUT2D eigenvalue weighted by atomic mass is 10.2. The minimum atomic E-state index is -0.0176. The van der Waals surface area contributed by atoms with Crippen LogP contribution in [0.3, 0.4) is 0 Å². The molecular formula is C10H15N3O2. The van der Waals surface area contributed by atoms with E-state index in [9.17, 15) is 4.79 Å². The van der Waals surface area contributed by atoms with Crippen LogP contribution >= 0.6 is 0 Å². The Morgan fingerprint density at radius 1 is 1.60 bits per heavy atom. The first-order chi connectivity index (χ1) is 7.15. The summed E-state index contributed by atoms with van der Waals surface area (Å²) in [6, 6.07) is 0. The van der Waals surface area contributed by atoms with Gasteiger partial charge in [0, 0.05) is 19.9 Å². The van der Waals surface area contributed by atoms with Crippen molar-refractivity contribution >= 4 is 11.7 Å². The molecule has 0 bridgehead atoms. The molecule has 0 aliphatic rings. The van der Waals surface area contributed by atoms with Crippen molar-refractivity contribution in [1.29, 1.82) is 0 Å². The molecule has 0 aromatic carbocycles. The van der Waals surface area contributed by atoms with E-state index in [1.54, 1.807) is 20.2 Å². The van der Waals surface area contributed by atoms with Crippen molar-refractivity contribution in [3.63, 3.8) is 0 Å². The van der Waals surface area contributed by atoms with Gasteiger partial charge in [-0.15, -0.1) is 0 Å². The Hall–Kier alpha value is -1.49. The summed E-state index contributed by atoms with van der Waals surface area (Å²) in [6.07, 6.45) is 1.54. The quantitative estimate of drug-likeness (QED) is 0.580. The van der Waals surface area contributed by atoms with Crippen LogP contribution in [0.5, 0.6) is 0 Å². The molecule has 0 amide bonds. The average Bonchev–Trinajstić information content (AvgIpc) is 2.17. The number of rotatable bonds is 5. The summed E-state index contributed by atoms with van der Waals surface area (Å²) in [7, 11) is 1.63. The Labute approximate surface area is 88.9 Å². The summed E-state index contributed by atoms with van der Waals surface area (Å²) in [5.41, 5.74) is 1.25. The van der Waals surface area contributed by atoms with Crippen LogP contribution in [0.4, 0.5) is 5.95 Å². The third kappa shape index (κ3) is 3.28. The van der Waals surface area contributed by atoms with Gasteiger partial charge in [0.05, 0.1) is 17.9 Å². The number of ketones is 1. The molecule has 0 fully saturated rings. The third-order valence-corrected chi connectivity index (χ3v) is 1.95. The predicted molar refractivity (Wildman–Crippen MR) is 57.1 cm³/mol. The molecule has 0 radical (unpaired) electrons. The van der Waals surface area contributed by atoms with Crippen molar-refractivity contribution in [1.82, 2.24) is 9.97 Å². The van der Waals surface area contributed by atoms with Gasteiger partial charge in [-0.25, -0.2) is 9.97 Å². The molecule has 0 unspecified atom stereocenters. The number of methoxy groups -OCH3 is 1. The van der Waals surface area contributed by atoms with Crippen LogP contribution in [0.1, 0.15) is 23.0 Å². The Balaban J connectivity index is 2.69. The minimum absolute atomic E-state index is 0.0176. The number of carbonyl (C=O) groups excluding carboxylic acids is 1. The number of anilines is 1. The molecule has 1 N–H and O–H groups in total. The molecule has 0 aliphatic carbocycles. The normalized spacial score (nSPS) is 10.1. The van der Waals surface area contributed by atoms with E-state index in [0.29, 0.717) is 30.4 Å². The van der Waals surface area contributed by atoms with E-state index in [1.165, 1.54) is 6.92 Å². The number of aromatic nitrogens is 2. The van der Waals surface area contributed by atoms with Crippen molar-refractivity contribution in [2.24, 2.45) is 0 Å². The van der Waals surface area contributed by atoms with Gasteiger partial charge in [0.2, 0.25) is 5.95 Å². The second-order valence-electron chi connectivity index (χ2n) is 3.17. The number of ether oxygens (including phenoxy) is 1. The fourth-order valence-corrected chi connectivity index (χ4v) is 1.16. The number of carbonyl (C=O) groups is 1. The van der Waals surface area contributed by atoms with Gasteiger partial charge in [-0.1, -0.05) is 0 Å². The second kappa shape index (κ2) is 5.41. The average molecular weight is 209 g/mol. The second-order valence-corrected chi connectivity index (χ2v) is 3.17. The summed E-state index contributed by atoms with van der Waals surface area (Å²) in [4.78, 5) is 19.3. The predicted octanol–water partition coefficient (Wildman–Crippen LogP) is 1.05. The Morgan fingerprint density at radius 3 is 2.87 bits per heavy atom. The molecular weight excluding hydrogens is 194 g/mol. The van der Waals surface area contributed by atoms with E-state index in [4.69, 9.17) is 4.74 Å². The molecule has 1 aromatic rings. The topological polar surface area (TPSA) is 64.1 Å². The standard InChI is InChI=1S/C10H15N3O2/c1-7-9(8(2)14)6-12-10(13-7)11-4-5-15-3/h6H,4-5H2,1-3H3,(H,11,12,13). The molecule has 0 atom stereocenters. The lowest BCUT2D eigenvalue weighted by Crippen LogP contribution is -2.11. The van der Waals surface area contributed by atoms with Crippen LogP contribution in [0.25, 0.3) is 0 Å². The number of nitrogens with one attached hydrogen (secondary N) is 1. The molecule has 0 saturated heterocycles. The van der Waals surface area contributed by atoms with Gasteiger partial charge in [0.1, 0.15) is 0 Å². The van der Waals surface area contributed by atoms with E-state index in [1.807, 2.05) is 0 Å². The largest absolute Gasteiger partial charge is 0.383 e. The number of hydrogen-bond donors (Lipinski definition) is 1. The van der Waals surface area contributed by atoms with Crippen LogP contribution in [0.15, 0.2) is 6.20 Å². The van der Waals surface area contributed by atoms with Crippen LogP contribution in [-0.2, 0) is 4.74 Å². The molecule has 1 heterocycles. The van der Waals surface area contributed by atoms with Crippen LogP contribution in [0, 0.1) is 6.92 Å². The highest BCUT2D eigenvalue weighted by atomic mass is 16.5. The SMILES string of the molecule is COCCNc1ncc(C(C)=O)c(C)n1. The summed E-state index contributed by atoms with van der Waals surface area (Å²) in [6.45, 7) is 4.54. The molecule has 5 heteroatoms. The third-order valence-electron chi connectivity index (χ3n) is 1.95. The van der Waals surface area contributed by atoms with Gasteiger partial charge >= 0.3 is 0 Å². The van der Waals surface area contributed by atoms with E-state index >= 15 is 0 Å². The first-order valence-electron chi connectivity index (χ1n) is 4.72. The highest BCUT2D eigenvalue weighted by Crippen LogP contribution is 2.07. The zero-order valence-corrected chi connectivity index (χ0v) is 9.20. The minimum Gasteiger partial charge on any atom is -0.383 e. The maximum atomic E-state index is 11.1. The molecule has 5 nitrogen and oxygen atoms in total. The molecule has 0 saturated carbocycles. The molecule has 1 aromatic heterocycles. The van der Waals surface area contributed by atoms with Crippen molar-refractivity contribution in [3.05, 3.63) is 17.5 Å².